The lowest BCUT2D eigenvalue weighted by Crippen LogP contribution is -2.50. The molecule has 0 atom stereocenters. The van der Waals surface area contributed by atoms with Gasteiger partial charge in [-0.1, -0.05) is 23.2 Å². The maximum Gasteiger partial charge on any atom is 0.255 e. The van der Waals surface area contributed by atoms with Crippen molar-refractivity contribution in [1.29, 1.82) is 0 Å². The van der Waals surface area contributed by atoms with Crippen molar-refractivity contribution in [3.63, 3.8) is 0 Å². The number of benzene rings is 2. The number of hydrogen-bond acceptors (Lipinski definition) is 5. The van der Waals surface area contributed by atoms with Crippen molar-refractivity contribution in [2.24, 2.45) is 0 Å². The van der Waals surface area contributed by atoms with Crippen LogP contribution in [-0.2, 0) is 10.0 Å². The number of pyridine rings is 1. The first-order chi connectivity index (χ1) is 15.2. The Balaban J connectivity index is 1.52. The molecule has 0 unspecified atom stereocenters. The quantitative estimate of drug-likeness (QED) is 0.548. The van der Waals surface area contributed by atoms with Crippen molar-refractivity contribution >= 4 is 50.0 Å². The van der Waals surface area contributed by atoms with E-state index in [4.69, 9.17) is 27.9 Å². The van der Waals surface area contributed by atoms with E-state index < -0.39 is 10.0 Å². The highest BCUT2D eigenvalue weighted by Gasteiger charge is 2.32. The van der Waals surface area contributed by atoms with E-state index in [0.717, 1.165) is 10.9 Å². The number of nitrogens with zero attached hydrogens (tertiary/aromatic N) is 3. The van der Waals surface area contributed by atoms with Gasteiger partial charge in [-0.2, -0.15) is 4.31 Å². The smallest absolute Gasteiger partial charge is 0.255 e. The summed E-state index contributed by atoms with van der Waals surface area (Å²) in [5.74, 6) is 0.520. The number of piperazine rings is 1. The minimum atomic E-state index is -3.82. The lowest BCUT2D eigenvalue weighted by atomic mass is 10.1. The van der Waals surface area contributed by atoms with Gasteiger partial charge < -0.3 is 9.64 Å². The molecule has 32 heavy (non-hydrogen) atoms. The summed E-state index contributed by atoms with van der Waals surface area (Å²) in [5, 5.41) is 1.23. The lowest BCUT2D eigenvalue weighted by molar-refractivity contribution is 0.0697. The van der Waals surface area contributed by atoms with Gasteiger partial charge in [-0.05, 0) is 43.3 Å². The van der Waals surface area contributed by atoms with Crippen LogP contribution in [0.2, 0.25) is 10.0 Å². The van der Waals surface area contributed by atoms with Crippen molar-refractivity contribution in [1.82, 2.24) is 14.2 Å². The lowest BCUT2D eigenvalue weighted by Gasteiger charge is -2.34. The number of methoxy groups -OCH3 is 1. The number of hydrogen-bond donors (Lipinski definition) is 0. The van der Waals surface area contributed by atoms with Gasteiger partial charge in [0.25, 0.3) is 5.91 Å². The maximum absolute atomic E-state index is 13.2. The first kappa shape index (κ1) is 22.8. The summed E-state index contributed by atoms with van der Waals surface area (Å²) < 4.78 is 32.6. The fraction of sp³-hybridized carbons (Fsp3) is 0.273. The monoisotopic (exact) mass is 493 g/mol. The second-order valence-corrected chi connectivity index (χ2v) is 10.2. The zero-order valence-electron chi connectivity index (χ0n) is 17.5. The summed E-state index contributed by atoms with van der Waals surface area (Å²) in [6, 6.07) is 11.7. The van der Waals surface area contributed by atoms with Crippen LogP contribution in [0.4, 0.5) is 0 Å². The number of halogens is 2. The summed E-state index contributed by atoms with van der Waals surface area (Å²) in [7, 11) is -2.23. The minimum absolute atomic E-state index is 0.0311. The van der Waals surface area contributed by atoms with Crippen molar-refractivity contribution in [3.8, 4) is 5.75 Å². The zero-order chi connectivity index (χ0) is 23.0. The molecule has 1 aliphatic heterocycles. The van der Waals surface area contributed by atoms with Crippen LogP contribution in [0.15, 0.2) is 47.4 Å². The molecular formula is C22H21Cl2N3O4S. The van der Waals surface area contributed by atoms with Crippen LogP contribution in [0.25, 0.3) is 10.9 Å². The molecule has 0 radical (unpaired) electrons. The molecule has 10 heteroatoms. The van der Waals surface area contributed by atoms with Gasteiger partial charge >= 0.3 is 0 Å². The van der Waals surface area contributed by atoms with Gasteiger partial charge in [0.15, 0.2) is 0 Å². The Morgan fingerprint density at radius 1 is 1.03 bits per heavy atom. The highest BCUT2D eigenvalue weighted by molar-refractivity contribution is 7.89. The van der Waals surface area contributed by atoms with Crippen molar-refractivity contribution in [3.05, 3.63) is 63.8 Å². The molecule has 0 saturated carbocycles. The number of ether oxygens (including phenoxy) is 1. The Morgan fingerprint density at radius 2 is 1.75 bits per heavy atom. The molecule has 2 aromatic carbocycles. The Bertz CT molecular complexity index is 1310. The van der Waals surface area contributed by atoms with Gasteiger partial charge in [0.2, 0.25) is 10.0 Å². The number of aromatic nitrogens is 1. The first-order valence-electron chi connectivity index (χ1n) is 9.90. The molecule has 1 aromatic heterocycles. The SMILES string of the molecule is COc1ccc2cc(C(=O)N3CCN(S(=O)(=O)c4cc(Cl)ccc4Cl)CC3)c(C)nc2c1. The van der Waals surface area contributed by atoms with E-state index in [1.807, 2.05) is 24.3 Å². The van der Waals surface area contributed by atoms with E-state index >= 15 is 0 Å². The molecular weight excluding hydrogens is 473 g/mol. The maximum atomic E-state index is 13.2. The minimum Gasteiger partial charge on any atom is -0.497 e. The van der Waals surface area contributed by atoms with Crippen molar-refractivity contribution < 1.29 is 17.9 Å². The molecule has 0 bridgehead atoms. The number of carbonyl (C=O) groups excluding carboxylic acids is 1. The van der Waals surface area contributed by atoms with Gasteiger partial charge in [-0.15, -0.1) is 0 Å². The number of carbonyl (C=O) groups is 1. The molecule has 0 spiro atoms. The molecule has 0 aliphatic carbocycles. The van der Waals surface area contributed by atoms with Crippen LogP contribution in [0.1, 0.15) is 16.1 Å². The highest BCUT2D eigenvalue weighted by Crippen LogP contribution is 2.29. The van der Waals surface area contributed by atoms with Crippen LogP contribution < -0.4 is 4.74 Å². The van der Waals surface area contributed by atoms with E-state index in [0.29, 0.717) is 22.0 Å². The van der Waals surface area contributed by atoms with E-state index in [2.05, 4.69) is 4.98 Å². The van der Waals surface area contributed by atoms with Gasteiger partial charge in [-0.3, -0.25) is 9.78 Å². The number of rotatable bonds is 4. The molecule has 1 fully saturated rings. The van der Waals surface area contributed by atoms with Gasteiger partial charge in [0.1, 0.15) is 10.6 Å². The fourth-order valence-electron chi connectivity index (χ4n) is 3.70. The summed E-state index contributed by atoms with van der Waals surface area (Å²) in [6.07, 6.45) is 0. The van der Waals surface area contributed by atoms with Crippen molar-refractivity contribution in [2.45, 2.75) is 11.8 Å². The third kappa shape index (κ3) is 4.28. The summed E-state index contributed by atoms with van der Waals surface area (Å²) in [6.45, 7) is 2.63. The third-order valence-corrected chi connectivity index (χ3v) is 8.10. The van der Waals surface area contributed by atoms with Gasteiger partial charge in [0, 0.05) is 42.7 Å². The predicted molar refractivity (Wildman–Crippen MR) is 124 cm³/mol. The zero-order valence-corrected chi connectivity index (χ0v) is 19.8. The third-order valence-electron chi connectivity index (χ3n) is 5.48. The van der Waals surface area contributed by atoms with Crippen LogP contribution >= 0.6 is 23.2 Å². The van der Waals surface area contributed by atoms with Crippen LogP contribution in [0.3, 0.4) is 0 Å². The van der Waals surface area contributed by atoms with Crippen LogP contribution in [0, 0.1) is 6.92 Å². The summed E-state index contributed by atoms with van der Waals surface area (Å²) in [5.41, 5.74) is 1.85. The molecule has 3 aromatic rings. The standard InChI is InChI=1S/C22H21Cl2N3O4S/c1-14-18(11-15-3-5-17(31-2)13-20(15)25-14)22(28)26-7-9-27(10-8-26)32(29,30)21-12-16(23)4-6-19(21)24/h3-6,11-13H,7-10H2,1-2H3. The molecule has 0 N–H and O–H groups in total. The summed E-state index contributed by atoms with van der Waals surface area (Å²) in [4.78, 5) is 19.3. The number of aryl methyl sites for hydroxylation is 1. The first-order valence-corrected chi connectivity index (χ1v) is 12.1. The van der Waals surface area contributed by atoms with Crippen molar-refractivity contribution in [2.75, 3.05) is 33.3 Å². The molecule has 7 nitrogen and oxygen atoms in total. The Kier molecular flexibility index (Phi) is 6.31. The van der Waals surface area contributed by atoms with Crippen LogP contribution in [0.5, 0.6) is 5.75 Å². The Hall–Kier alpha value is -2.39. The fourth-order valence-corrected chi connectivity index (χ4v) is 5.86. The average molecular weight is 494 g/mol. The Labute approximate surface area is 196 Å². The molecule has 2 heterocycles. The topological polar surface area (TPSA) is 79.8 Å². The second kappa shape index (κ2) is 8.86. The molecule has 168 valence electrons. The number of amides is 1. The molecule has 1 aliphatic rings. The van der Waals surface area contributed by atoms with E-state index in [9.17, 15) is 13.2 Å². The largest absolute Gasteiger partial charge is 0.497 e. The Morgan fingerprint density at radius 3 is 2.44 bits per heavy atom. The predicted octanol–water partition coefficient (Wildman–Crippen LogP) is 4.01. The average Bonchev–Trinajstić information content (AvgIpc) is 2.79. The van der Waals surface area contributed by atoms with Crippen LogP contribution in [-0.4, -0.2) is 61.8 Å². The highest BCUT2D eigenvalue weighted by atomic mass is 35.5. The summed E-state index contributed by atoms with van der Waals surface area (Å²) >= 11 is 12.1. The van der Waals surface area contributed by atoms with E-state index in [1.54, 1.807) is 18.9 Å². The normalized spacial score (nSPS) is 15.2. The van der Waals surface area contributed by atoms with Gasteiger partial charge in [-0.25, -0.2) is 8.42 Å². The molecule has 1 saturated heterocycles. The van der Waals surface area contributed by atoms with E-state index in [1.165, 1.54) is 22.5 Å². The molecule has 1 amide bonds. The number of fused-ring (bicyclic) bond motifs is 1. The van der Waals surface area contributed by atoms with E-state index in [-0.39, 0.29) is 42.0 Å². The molecule has 4 rings (SSSR count). The van der Waals surface area contributed by atoms with Gasteiger partial charge in [0.05, 0.1) is 28.9 Å². The number of sulfonamides is 1. The second-order valence-electron chi connectivity index (χ2n) is 7.45.